The molecule has 54 valence electrons. The summed E-state index contributed by atoms with van der Waals surface area (Å²) >= 11 is 4.10. The average Bonchev–Trinajstić information content (AvgIpc) is 2.34. The van der Waals surface area contributed by atoms with E-state index in [1.807, 2.05) is 11.8 Å². The highest BCUT2D eigenvalue weighted by molar-refractivity contribution is 8.15. The zero-order valence-electron chi connectivity index (χ0n) is 5.93. The SMILES string of the molecule is CSCSC1CCCC1. The summed E-state index contributed by atoms with van der Waals surface area (Å²) in [6, 6.07) is 0. The van der Waals surface area contributed by atoms with E-state index in [9.17, 15) is 0 Å². The van der Waals surface area contributed by atoms with Gasteiger partial charge in [0.1, 0.15) is 0 Å². The minimum absolute atomic E-state index is 1.01. The maximum absolute atomic E-state index is 2.18. The van der Waals surface area contributed by atoms with E-state index in [2.05, 4.69) is 18.0 Å². The molecule has 1 saturated carbocycles. The van der Waals surface area contributed by atoms with Crippen molar-refractivity contribution in [1.29, 1.82) is 0 Å². The van der Waals surface area contributed by atoms with Crippen molar-refractivity contribution >= 4 is 23.5 Å². The summed E-state index contributed by atoms with van der Waals surface area (Å²) in [6.45, 7) is 0. The molecule has 0 spiro atoms. The zero-order chi connectivity index (χ0) is 6.53. The third-order valence-electron chi connectivity index (χ3n) is 1.72. The van der Waals surface area contributed by atoms with Crippen LogP contribution in [0.5, 0.6) is 0 Å². The summed E-state index contributed by atoms with van der Waals surface area (Å²) in [5.41, 5.74) is 0. The highest BCUT2D eigenvalue weighted by Gasteiger charge is 2.13. The molecule has 9 heavy (non-hydrogen) atoms. The van der Waals surface area contributed by atoms with E-state index in [0.29, 0.717) is 0 Å². The van der Waals surface area contributed by atoms with Gasteiger partial charge in [-0.3, -0.25) is 0 Å². The van der Waals surface area contributed by atoms with Crippen LogP contribution in [-0.4, -0.2) is 16.6 Å². The van der Waals surface area contributed by atoms with Crippen molar-refractivity contribution in [1.82, 2.24) is 0 Å². The van der Waals surface area contributed by atoms with Gasteiger partial charge in [-0.2, -0.15) is 11.8 Å². The Hall–Kier alpha value is 0.700. The van der Waals surface area contributed by atoms with Crippen molar-refractivity contribution < 1.29 is 0 Å². The summed E-state index contributed by atoms with van der Waals surface area (Å²) in [4.78, 5) is 0. The fraction of sp³-hybridized carbons (Fsp3) is 1.00. The second kappa shape index (κ2) is 4.51. The highest BCUT2D eigenvalue weighted by Crippen LogP contribution is 2.30. The van der Waals surface area contributed by atoms with Crippen LogP contribution in [0.3, 0.4) is 0 Å². The second-order valence-corrected chi connectivity index (χ2v) is 5.00. The van der Waals surface area contributed by atoms with Crippen LogP contribution in [0.2, 0.25) is 0 Å². The standard InChI is InChI=1S/C7H14S2/c1-8-6-9-7-4-2-3-5-7/h7H,2-6H2,1H3. The first kappa shape index (κ1) is 7.80. The molecule has 0 N–H and O–H groups in total. The minimum atomic E-state index is 1.01. The summed E-state index contributed by atoms with van der Waals surface area (Å²) in [5.74, 6) is 0. The molecule has 0 nitrogen and oxygen atoms in total. The smallest absolute Gasteiger partial charge is 0.0392 e. The van der Waals surface area contributed by atoms with Crippen molar-refractivity contribution in [3.05, 3.63) is 0 Å². The van der Waals surface area contributed by atoms with Gasteiger partial charge in [0.05, 0.1) is 0 Å². The van der Waals surface area contributed by atoms with E-state index in [1.54, 1.807) is 0 Å². The lowest BCUT2D eigenvalue weighted by Crippen LogP contribution is -1.92. The van der Waals surface area contributed by atoms with Crippen LogP contribution < -0.4 is 0 Å². The van der Waals surface area contributed by atoms with E-state index in [4.69, 9.17) is 0 Å². The number of rotatable bonds is 3. The molecule has 1 fully saturated rings. The maximum Gasteiger partial charge on any atom is 0.0392 e. The van der Waals surface area contributed by atoms with Gasteiger partial charge in [0.15, 0.2) is 0 Å². The van der Waals surface area contributed by atoms with Gasteiger partial charge in [-0.15, -0.1) is 11.8 Å². The molecule has 0 radical (unpaired) electrons. The predicted octanol–water partition coefficient (Wildman–Crippen LogP) is 2.98. The quantitative estimate of drug-likeness (QED) is 0.585. The lowest BCUT2D eigenvalue weighted by Gasteiger charge is -2.05. The monoisotopic (exact) mass is 162 g/mol. The van der Waals surface area contributed by atoms with Gasteiger partial charge >= 0.3 is 0 Å². The van der Waals surface area contributed by atoms with Gasteiger partial charge in [0.25, 0.3) is 0 Å². The van der Waals surface area contributed by atoms with Crippen LogP contribution in [0.25, 0.3) is 0 Å². The van der Waals surface area contributed by atoms with Crippen molar-refractivity contribution in [3.8, 4) is 0 Å². The molecule has 0 aliphatic heterocycles. The first-order valence-electron chi connectivity index (χ1n) is 3.54. The Morgan fingerprint density at radius 2 is 2.00 bits per heavy atom. The first-order chi connectivity index (χ1) is 4.43. The van der Waals surface area contributed by atoms with Crippen LogP contribution in [0, 0.1) is 0 Å². The number of hydrogen-bond acceptors (Lipinski definition) is 2. The topological polar surface area (TPSA) is 0 Å². The Labute approximate surface area is 66.2 Å². The molecule has 0 aromatic carbocycles. The van der Waals surface area contributed by atoms with Crippen molar-refractivity contribution in [2.75, 3.05) is 11.3 Å². The van der Waals surface area contributed by atoms with Crippen molar-refractivity contribution in [2.45, 2.75) is 30.9 Å². The van der Waals surface area contributed by atoms with E-state index < -0.39 is 0 Å². The minimum Gasteiger partial charge on any atom is -0.154 e. The Morgan fingerprint density at radius 3 is 2.56 bits per heavy atom. The normalized spacial score (nSPS) is 21.0. The summed E-state index contributed by atoms with van der Waals surface area (Å²) in [7, 11) is 0. The second-order valence-electron chi connectivity index (χ2n) is 2.48. The Kier molecular flexibility index (Phi) is 3.91. The number of hydrogen-bond donors (Lipinski definition) is 0. The van der Waals surface area contributed by atoms with E-state index >= 15 is 0 Å². The largest absolute Gasteiger partial charge is 0.154 e. The molecule has 0 heterocycles. The first-order valence-corrected chi connectivity index (χ1v) is 5.98. The van der Waals surface area contributed by atoms with Gasteiger partial charge in [-0.05, 0) is 19.1 Å². The van der Waals surface area contributed by atoms with Gasteiger partial charge in [0, 0.05) is 10.3 Å². The van der Waals surface area contributed by atoms with Crippen LogP contribution >= 0.6 is 23.5 Å². The van der Waals surface area contributed by atoms with Gasteiger partial charge in [-0.25, -0.2) is 0 Å². The summed E-state index contributed by atoms with van der Waals surface area (Å²) in [5, 5.41) is 2.31. The van der Waals surface area contributed by atoms with Gasteiger partial charge in [-0.1, -0.05) is 12.8 Å². The molecule has 2 heteroatoms. The predicted molar refractivity (Wildman–Crippen MR) is 48.2 cm³/mol. The third-order valence-corrected chi connectivity index (χ3v) is 4.15. The molecule has 1 aliphatic carbocycles. The van der Waals surface area contributed by atoms with Crippen molar-refractivity contribution in [2.24, 2.45) is 0 Å². The zero-order valence-corrected chi connectivity index (χ0v) is 7.56. The van der Waals surface area contributed by atoms with Crippen LogP contribution in [0.15, 0.2) is 0 Å². The van der Waals surface area contributed by atoms with E-state index in [-0.39, 0.29) is 0 Å². The highest BCUT2D eigenvalue weighted by atomic mass is 32.2. The summed E-state index contributed by atoms with van der Waals surface area (Å²) < 4.78 is 0. The van der Waals surface area contributed by atoms with Crippen LogP contribution in [0.1, 0.15) is 25.7 Å². The number of thioether (sulfide) groups is 2. The van der Waals surface area contributed by atoms with Crippen LogP contribution in [-0.2, 0) is 0 Å². The lowest BCUT2D eigenvalue weighted by atomic mass is 10.4. The fourth-order valence-corrected chi connectivity index (χ4v) is 3.20. The van der Waals surface area contributed by atoms with Crippen molar-refractivity contribution in [3.63, 3.8) is 0 Å². The Balaban J connectivity index is 1.98. The van der Waals surface area contributed by atoms with E-state index in [1.165, 1.54) is 30.8 Å². The average molecular weight is 162 g/mol. The Bertz CT molecular complexity index is 67.3. The van der Waals surface area contributed by atoms with Gasteiger partial charge < -0.3 is 0 Å². The molecule has 0 saturated heterocycles. The molecule has 1 aliphatic rings. The molecule has 0 amide bonds. The summed E-state index contributed by atoms with van der Waals surface area (Å²) in [6.07, 6.45) is 8.09. The molecule has 0 unspecified atom stereocenters. The molecule has 0 bridgehead atoms. The maximum atomic E-state index is 2.18. The Morgan fingerprint density at radius 1 is 1.33 bits per heavy atom. The van der Waals surface area contributed by atoms with E-state index in [0.717, 1.165) is 5.25 Å². The molecular formula is C7H14S2. The molecular weight excluding hydrogens is 148 g/mol. The molecule has 1 rings (SSSR count). The van der Waals surface area contributed by atoms with Gasteiger partial charge in [0.2, 0.25) is 0 Å². The fourth-order valence-electron chi connectivity index (χ4n) is 1.22. The van der Waals surface area contributed by atoms with Crippen LogP contribution in [0.4, 0.5) is 0 Å². The molecule has 0 aromatic heterocycles. The third kappa shape index (κ3) is 2.85. The molecule has 0 atom stereocenters. The molecule has 0 aromatic rings. The lowest BCUT2D eigenvalue weighted by molar-refractivity contribution is 0.886.